The van der Waals surface area contributed by atoms with E-state index in [1.54, 1.807) is 6.07 Å². The molecule has 1 heterocycles. The highest BCUT2D eigenvalue weighted by atomic mass is 19.4. The maximum absolute atomic E-state index is 15.1. The van der Waals surface area contributed by atoms with Crippen LogP contribution in [0.3, 0.4) is 0 Å². The predicted octanol–water partition coefficient (Wildman–Crippen LogP) is 9.36. The minimum atomic E-state index is -4.64. The average molecular weight is 529 g/mol. The van der Waals surface area contributed by atoms with Gasteiger partial charge in [-0.1, -0.05) is 38.3 Å². The van der Waals surface area contributed by atoms with Gasteiger partial charge in [0.15, 0.2) is 6.29 Å². The number of allylic oxidation sites excluding steroid dienone is 2. The third-order valence-corrected chi connectivity index (χ3v) is 8.72. The Morgan fingerprint density at radius 1 is 0.919 bits per heavy atom. The molecule has 0 aromatic heterocycles. The van der Waals surface area contributed by atoms with Gasteiger partial charge in [0, 0.05) is 17.8 Å². The lowest BCUT2D eigenvalue weighted by atomic mass is 9.76. The molecule has 1 aromatic rings. The molecule has 7 heteroatoms. The van der Waals surface area contributed by atoms with Gasteiger partial charge in [-0.15, -0.1) is 0 Å². The SMILES string of the molecule is CCCCCC1COC(C2CCC(c3ccc(C4CCC(C(F)=CC(F)(F)F)CC4)c(F)c3)CC2)OC1. The molecule has 208 valence electrons. The molecule has 3 aliphatic rings. The molecule has 1 saturated heterocycles. The second-order valence-corrected chi connectivity index (χ2v) is 11.4. The second kappa shape index (κ2) is 13.1. The van der Waals surface area contributed by atoms with Crippen LogP contribution in [0.15, 0.2) is 30.1 Å². The molecule has 0 unspecified atom stereocenters. The van der Waals surface area contributed by atoms with Crippen LogP contribution >= 0.6 is 0 Å². The van der Waals surface area contributed by atoms with Crippen LogP contribution in [0.25, 0.3) is 0 Å². The first-order valence-corrected chi connectivity index (χ1v) is 14.2. The zero-order valence-corrected chi connectivity index (χ0v) is 21.9. The van der Waals surface area contributed by atoms with Gasteiger partial charge in [-0.25, -0.2) is 8.78 Å². The van der Waals surface area contributed by atoms with Crippen LogP contribution in [-0.4, -0.2) is 25.7 Å². The Morgan fingerprint density at radius 2 is 1.57 bits per heavy atom. The third kappa shape index (κ3) is 8.01. The van der Waals surface area contributed by atoms with E-state index in [2.05, 4.69) is 6.92 Å². The Labute approximate surface area is 218 Å². The van der Waals surface area contributed by atoms with Gasteiger partial charge in [0.1, 0.15) is 11.6 Å². The monoisotopic (exact) mass is 528 g/mol. The summed E-state index contributed by atoms with van der Waals surface area (Å²) in [6.45, 7) is 3.78. The summed E-state index contributed by atoms with van der Waals surface area (Å²) in [6.07, 6.45) is 5.43. The van der Waals surface area contributed by atoms with Crippen LogP contribution in [0.2, 0.25) is 0 Å². The van der Waals surface area contributed by atoms with Crippen molar-refractivity contribution >= 4 is 0 Å². The molecule has 0 amide bonds. The van der Waals surface area contributed by atoms with E-state index in [-0.39, 0.29) is 24.1 Å². The van der Waals surface area contributed by atoms with Crippen molar-refractivity contribution in [2.75, 3.05) is 13.2 Å². The number of unbranched alkanes of at least 4 members (excludes halogenated alkanes) is 2. The van der Waals surface area contributed by atoms with Gasteiger partial charge in [0.2, 0.25) is 0 Å². The number of hydrogen-bond donors (Lipinski definition) is 0. The van der Waals surface area contributed by atoms with Gasteiger partial charge < -0.3 is 9.47 Å². The molecule has 0 atom stereocenters. The lowest BCUT2D eigenvalue weighted by molar-refractivity contribution is -0.229. The van der Waals surface area contributed by atoms with E-state index in [4.69, 9.17) is 9.47 Å². The fraction of sp³-hybridized carbons (Fsp3) is 0.733. The van der Waals surface area contributed by atoms with Crippen molar-refractivity contribution in [2.45, 2.75) is 108 Å². The normalized spacial score (nSPS) is 31.9. The maximum Gasteiger partial charge on any atom is 0.412 e. The molecule has 4 rings (SSSR count). The number of halogens is 5. The summed E-state index contributed by atoms with van der Waals surface area (Å²) in [7, 11) is 0. The molecule has 0 radical (unpaired) electrons. The standard InChI is InChI=1S/C30H41F5O2/c1-2-3-4-5-20-18-36-29(37-19-20)24-12-6-21(7-13-24)25-14-15-26(27(31)16-25)22-8-10-23(11-9-22)28(32)17-30(33,34)35/h14-17,20-24,29H,2-13,18-19H2,1H3. The highest BCUT2D eigenvalue weighted by Gasteiger charge is 2.34. The predicted molar refractivity (Wildman–Crippen MR) is 134 cm³/mol. The lowest BCUT2D eigenvalue weighted by Gasteiger charge is -2.38. The number of rotatable bonds is 8. The molecule has 2 nitrogen and oxygen atoms in total. The zero-order chi connectivity index (χ0) is 26.4. The number of ether oxygens (including phenoxy) is 2. The Kier molecular flexibility index (Phi) is 10.1. The van der Waals surface area contributed by atoms with Crippen molar-refractivity contribution < 1.29 is 31.4 Å². The van der Waals surface area contributed by atoms with Crippen molar-refractivity contribution in [1.82, 2.24) is 0 Å². The zero-order valence-electron chi connectivity index (χ0n) is 21.9. The molecule has 0 N–H and O–H groups in total. The van der Waals surface area contributed by atoms with Gasteiger partial charge in [0.25, 0.3) is 0 Å². The minimum absolute atomic E-state index is 0.0777. The topological polar surface area (TPSA) is 18.5 Å². The van der Waals surface area contributed by atoms with E-state index in [0.29, 0.717) is 49.0 Å². The number of hydrogen-bond acceptors (Lipinski definition) is 2. The fourth-order valence-electron chi connectivity index (χ4n) is 6.49. The summed E-state index contributed by atoms with van der Waals surface area (Å²) < 4.78 is 78.5. The molecule has 1 aromatic carbocycles. The Morgan fingerprint density at radius 3 is 2.16 bits per heavy atom. The van der Waals surface area contributed by atoms with Gasteiger partial charge >= 0.3 is 6.18 Å². The van der Waals surface area contributed by atoms with Gasteiger partial charge in [-0.05, 0) is 86.8 Å². The molecule has 37 heavy (non-hydrogen) atoms. The van der Waals surface area contributed by atoms with E-state index >= 15 is 4.39 Å². The van der Waals surface area contributed by atoms with Crippen molar-refractivity contribution in [1.29, 1.82) is 0 Å². The Balaban J connectivity index is 1.24. The molecule has 1 aliphatic heterocycles. The van der Waals surface area contributed by atoms with Gasteiger partial charge in [0.05, 0.1) is 19.3 Å². The quantitative estimate of drug-likeness (QED) is 0.247. The average Bonchev–Trinajstić information content (AvgIpc) is 2.88. The summed E-state index contributed by atoms with van der Waals surface area (Å²) in [5, 5.41) is 0. The molecular formula is C30H41F5O2. The first-order valence-electron chi connectivity index (χ1n) is 14.2. The van der Waals surface area contributed by atoms with Crippen molar-refractivity contribution in [3.63, 3.8) is 0 Å². The molecule has 0 spiro atoms. The van der Waals surface area contributed by atoms with E-state index in [9.17, 15) is 17.6 Å². The van der Waals surface area contributed by atoms with Crippen LogP contribution in [-0.2, 0) is 9.47 Å². The molecule has 2 saturated carbocycles. The van der Waals surface area contributed by atoms with Crippen LogP contribution in [0.4, 0.5) is 22.0 Å². The summed E-state index contributed by atoms with van der Waals surface area (Å²) >= 11 is 0. The van der Waals surface area contributed by atoms with E-state index < -0.39 is 17.9 Å². The largest absolute Gasteiger partial charge is 0.412 e. The smallest absolute Gasteiger partial charge is 0.352 e. The van der Waals surface area contributed by atoms with E-state index in [1.165, 1.54) is 25.7 Å². The number of benzene rings is 1. The molecular weight excluding hydrogens is 487 g/mol. The Bertz CT molecular complexity index is 874. The third-order valence-electron chi connectivity index (χ3n) is 8.72. The fourth-order valence-corrected chi connectivity index (χ4v) is 6.49. The van der Waals surface area contributed by atoms with Crippen LogP contribution < -0.4 is 0 Å². The van der Waals surface area contributed by atoms with Crippen LogP contribution in [0.1, 0.15) is 107 Å². The van der Waals surface area contributed by atoms with Crippen molar-refractivity contribution in [2.24, 2.45) is 17.8 Å². The number of alkyl halides is 3. The summed E-state index contributed by atoms with van der Waals surface area (Å²) in [5.74, 6) is -0.950. The summed E-state index contributed by atoms with van der Waals surface area (Å²) in [6, 6.07) is 5.49. The van der Waals surface area contributed by atoms with Crippen LogP contribution in [0.5, 0.6) is 0 Å². The van der Waals surface area contributed by atoms with Crippen molar-refractivity contribution in [3.05, 3.63) is 47.0 Å². The van der Waals surface area contributed by atoms with E-state index in [1.807, 2.05) is 12.1 Å². The second-order valence-electron chi connectivity index (χ2n) is 11.4. The highest BCUT2D eigenvalue weighted by molar-refractivity contribution is 5.30. The molecule has 2 aliphatic carbocycles. The van der Waals surface area contributed by atoms with Gasteiger partial charge in [-0.3, -0.25) is 0 Å². The van der Waals surface area contributed by atoms with Crippen LogP contribution in [0, 0.1) is 23.6 Å². The van der Waals surface area contributed by atoms with E-state index in [0.717, 1.165) is 44.5 Å². The molecule has 3 fully saturated rings. The summed E-state index contributed by atoms with van der Waals surface area (Å²) in [4.78, 5) is 0. The first-order chi connectivity index (χ1) is 17.7. The lowest BCUT2D eigenvalue weighted by Crippen LogP contribution is -2.38. The van der Waals surface area contributed by atoms with Crippen molar-refractivity contribution in [3.8, 4) is 0 Å². The Hall–Kier alpha value is -1.47. The maximum atomic E-state index is 15.1. The molecule has 0 bridgehead atoms. The minimum Gasteiger partial charge on any atom is -0.352 e. The first kappa shape index (κ1) is 28.5. The highest BCUT2D eigenvalue weighted by Crippen LogP contribution is 2.43. The summed E-state index contributed by atoms with van der Waals surface area (Å²) in [5.41, 5.74) is 1.61. The van der Waals surface area contributed by atoms with Gasteiger partial charge in [-0.2, -0.15) is 13.2 Å².